The molecule has 3 heterocycles. The minimum atomic E-state index is -0.522. The summed E-state index contributed by atoms with van der Waals surface area (Å²) in [5.74, 6) is -0.122. The number of carbonyl (C=O) groups is 2. The number of benzene rings is 3. The molecule has 204 valence electrons. The average Bonchev–Trinajstić information content (AvgIpc) is 3.64. The van der Waals surface area contributed by atoms with E-state index in [1.165, 1.54) is 16.0 Å². The Balaban J connectivity index is 1.54. The third-order valence-corrected chi connectivity index (χ3v) is 7.56. The Kier molecular flexibility index (Phi) is 7.18. The topological polar surface area (TPSA) is 95.3 Å². The van der Waals surface area contributed by atoms with Crippen molar-refractivity contribution < 1.29 is 19.1 Å². The summed E-state index contributed by atoms with van der Waals surface area (Å²) in [6.07, 6.45) is 0.358. The molecule has 0 aliphatic carbocycles. The second-order valence-corrected chi connectivity index (χ2v) is 10.1. The van der Waals surface area contributed by atoms with Gasteiger partial charge in [0.1, 0.15) is 16.4 Å². The van der Waals surface area contributed by atoms with Gasteiger partial charge in [0.25, 0.3) is 5.91 Å². The molecule has 0 spiro atoms. The number of rotatable bonds is 8. The number of anilines is 1. The van der Waals surface area contributed by atoms with E-state index in [1.54, 1.807) is 19.5 Å². The maximum Gasteiger partial charge on any atom is 0.360 e. The van der Waals surface area contributed by atoms with Gasteiger partial charge < -0.3 is 14.8 Å². The van der Waals surface area contributed by atoms with Gasteiger partial charge in [-0.3, -0.25) is 4.79 Å². The van der Waals surface area contributed by atoms with Crippen molar-refractivity contribution in [3.63, 3.8) is 0 Å². The smallest absolute Gasteiger partial charge is 0.360 e. The van der Waals surface area contributed by atoms with Gasteiger partial charge in [-0.2, -0.15) is 9.78 Å². The predicted octanol–water partition coefficient (Wildman–Crippen LogP) is 6.58. The number of carbonyl (C=O) groups excluding carboxylic acids is 2. The van der Waals surface area contributed by atoms with Gasteiger partial charge in [0.15, 0.2) is 5.69 Å². The van der Waals surface area contributed by atoms with E-state index < -0.39 is 5.97 Å². The summed E-state index contributed by atoms with van der Waals surface area (Å²) in [5, 5.41) is 8.78. The van der Waals surface area contributed by atoms with E-state index in [1.807, 2.05) is 84.9 Å². The van der Waals surface area contributed by atoms with Crippen LogP contribution in [-0.4, -0.2) is 40.4 Å². The number of thiazole rings is 1. The fraction of sp³-hybridized carbons (Fsp3) is 0.125. The number of allylic oxidation sites excluding steroid dienone is 2. The van der Waals surface area contributed by atoms with Gasteiger partial charge in [0.2, 0.25) is 0 Å². The van der Waals surface area contributed by atoms with Crippen LogP contribution in [0.25, 0.3) is 28.0 Å². The molecular formula is C32H26N4O4S. The first-order valence-corrected chi connectivity index (χ1v) is 14.0. The van der Waals surface area contributed by atoms with Crippen LogP contribution < -0.4 is 10.1 Å². The maximum atomic E-state index is 14.3. The Bertz CT molecular complexity index is 1760. The molecule has 0 fully saturated rings. The molecule has 5 aromatic rings. The first kappa shape index (κ1) is 26.2. The first-order chi connectivity index (χ1) is 20.1. The Morgan fingerprint density at radius 1 is 0.951 bits per heavy atom. The molecule has 0 radical (unpaired) electrons. The van der Waals surface area contributed by atoms with Gasteiger partial charge >= 0.3 is 5.97 Å². The zero-order valence-electron chi connectivity index (χ0n) is 22.5. The summed E-state index contributed by atoms with van der Waals surface area (Å²) in [5.41, 5.74) is 7.77. The van der Waals surface area contributed by atoms with Gasteiger partial charge in [0, 0.05) is 23.2 Å². The molecule has 0 unspecified atom stereocenters. The Morgan fingerprint density at radius 3 is 2.29 bits per heavy atom. The van der Waals surface area contributed by atoms with Crippen LogP contribution in [0.1, 0.15) is 33.5 Å². The summed E-state index contributed by atoms with van der Waals surface area (Å²) in [6, 6.07) is 27.1. The summed E-state index contributed by atoms with van der Waals surface area (Å²) in [6.45, 7) is 1.98. The molecule has 3 aromatic carbocycles. The van der Waals surface area contributed by atoms with Crippen molar-refractivity contribution in [2.75, 3.05) is 19.0 Å². The van der Waals surface area contributed by atoms with Gasteiger partial charge in [-0.05, 0) is 30.2 Å². The lowest BCUT2D eigenvalue weighted by Crippen LogP contribution is -2.26. The summed E-state index contributed by atoms with van der Waals surface area (Å²) in [7, 11) is 1.60. The molecule has 0 saturated heterocycles. The number of methoxy groups -OCH3 is 1. The Labute approximate surface area is 240 Å². The highest BCUT2D eigenvalue weighted by Crippen LogP contribution is 2.40. The molecule has 0 amide bonds. The minimum Gasteiger partial charge on any atom is -0.497 e. The fourth-order valence-corrected chi connectivity index (χ4v) is 5.65. The number of aromatic nitrogens is 3. The number of nitrogens with zero attached hydrogens (tertiary/aromatic N) is 3. The number of fused-ring (bicyclic) bond motifs is 1. The van der Waals surface area contributed by atoms with E-state index in [2.05, 4.69) is 10.3 Å². The highest BCUT2D eigenvalue weighted by atomic mass is 32.1. The van der Waals surface area contributed by atoms with E-state index >= 15 is 0 Å². The van der Waals surface area contributed by atoms with Crippen molar-refractivity contribution in [2.45, 2.75) is 13.3 Å². The molecule has 8 nitrogen and oxygen atoms in total. The number of esters is 1. The molecule has 0 atom stereocenters. The normalized spacial score (nSPS) is 12.7. The standard InChI is InChI=1S/C32H26N4O4S/c1-3-40-32(38)29-30(41-19-33-29)34-24-18-25-27(20-10-6-4-7-11-20)28(22-12-8-5-9-13-22)35-36(25)31(37)26(24)21-14-16-23(39-2)17-15-21/h4-17,19,34H,3,18H2,1-2H3. The highest BCUT2D eigenvalue weighted by Gasteiger charge is 2.34. The van der Waals surface area contributed by atoms with E-state index in [-0.39, 0.29) is 18.2 Å². The highest BCUT2D eigenvalue weighted by molar-refractivity contribution is 7.14. The van der Waals surface area contributed by atoms with Crippen molar-refractivity contribution in [3.05, 3.63) is 113 Å². The van der Waals surface area contributed by atoms with Crippen LogP contribution in [0.5, 0.6) is 5.75 Å². The molecule has 6 rings (SSSR count). The zero-order valence-corrected chi connectivity index (χ0v) is 23.3. The SMILES string of the molecule is CCOC(=O)c1ncsc1NC1=C(c2ccc(OC)cc2)C(=O)n2nc(-c3ccccc3)c(-c3ccccc3)c2C1. The second kappa shape index (κ2) is 11.2. The van der Waals surface area contributed by atoms with Gasteiger partial charge in [-0.1, -0.05) is 72.8 Å². The quantitative estimate of drug-likeness (QED) is 0.214. The molecule has 1 aliphatic rings. The van der Waals surface area contributed by atoms with E-state index in [4.69, 9.17) is 14.6 Å². The monoisotopic (exact) mass is 562 g/mol. The van der Waals surface area contributed by atoms with Crippen molar-refractivity contribution >= 4 is 33.8 Å². The van der Waals surface area contributed by atoms with Crippen molar-refractivity contribution in [3.8, 4) is 28.1 Å². The van der Waals surface area contributed by atoms with Crippen LogP contribution >= 0.6 is 11.3 Å². The fourth-order valence-electron chi connectivity index (χ4n) is 4.96. The number of nitrogens with one attached hydrogen (secondary N) is 1. The van der Waals surface area contributed by atoms with Crippen LogP contribution in [0.15, 0.2) is 96.1 Å². The lowest BCUT2D eigenvalue weighted by molar-refractivity contribution is 0.0521. The summed E-state index contributed by atoms with van der Waals surface area (Å²) < 4.78 is 12.1. The molecule has 0 saturated carbocycles. The van der Waals surface area contributed by atoms with Gasteiger partial charge in [-0.15, -0.1) is 11.3 Å². The Morgan fingerprint density at radius 2 is 1.63 bits per heavy atom. The minimum absolute atomic E-state index is 0.179. The number of ether oxygens (including phenoxy) is 2. The Hall–Kier alpha value is -5.02. The lowest BCUT2D eigenvalue weighted by atomic mass is 9.92. The molecule has 1 aliphatic heterocycles. The average molecular weight is 563 g/mol. The third kappa shape index (κ3) is 4.92. The molecular weight excluding hydrogens is 536 g/mol. The van der Waals surface area contributed by atoms with E-state index in [0.29, 0.717) is 34.0 Å². The lowest BCUT2D eigenvalue weighted by Gasteiger charge is -2.23. The van der Waals surface area contributed by atoms with E-state index in [9.17, 15) is 9.59 Å². The third-order valence-electron chi connectivity index (χ3n) is 6.82. The number of hydrogen-bond donors (Lipinski definition) is 1. The van der Waals surface area contributed by atoms with E-state index in [0.717, 1.165) is 28.1 Å². The van der Waals surface area contributed by atoms with Gasteiger partial charge in [-0.25, -0.2) is 9.78 Å². The molecule has 2 aromatic heterocycles. The number of hydrogen-bond acceptors (Lipinski definition) is 8. The van der Waals surface area contributed by atoms with Crippen molar-refractivity contribution in [1.82, 2.24) is 14.8 Å². The van der Waals surface area contributed by atoms with Crippen LogP contribution in [0.3, 0.4) is 0 Å². The van der Waals surface area contributed by atoms with Crippen LogP contribution in [0, 0.1) is 0 Å². The molecule has 1 N–H and O–H groups in total. The van der Waals surface area contributed by atoms with Crippen LogP contribution in [0.2, 0.25) is 0 Å². The molecule has 41 heavy (non-hydrogen) atoms. The van der Waals surface area contributed by atoms with Gasteiger partial charge in [0.05, 0.1) is 30.5 Å². The van der Waals surface area contributed by atoms with Crippen LogP contribution in [0.4, 0.5) is 5.00 Å². The van der Waals surface area contributed by atoms with Crippen LogP contribution in [-0.2, 0) is 11.2 Å². The second-order valence-electron chi connectivity index (χ2n) is 9.25. The maximum absolute atomic E-state index is 14.3. The first-order valence-electron chi connectivity index (χ1n) is 13.1. The zero-order chi connectivity index (χ0) is 28.3. The molecule has 9 heteroatoms. The van der Waals surface area contributed by atoms with Crippen molar-refractivity contribution in [2.24, 2.45) is 0 Å². The molecule has 0 bridgehead atoms. The largest absolute Gasteiger partial charge is 0.497 e. The summed E-state index contributed by atoms with van der Waals surface area (Å²) in [4.78, 5) is 31.2. The summed E-state index contributed by atoms with van der Waals surface area (Å²) >= 11 is 1.27. The predicted molar refractivity (Wildman–Crippen MR) is 159 cm³/mol. The van der Waals surface area contributed by atoms with Crippen molar-refractivity contribution in [1.29, 1.82) is 0 Å².